The Hall–Kier alpha value is -0.540. The molecular weight excluding hydrogens is 595 g/mol. The molecule has 0 saturated heterocycles. The molecule has 0 bridgehead atoms. The number of carbonyl (C=O) groups is 1. The van der Waals surface area contributed by atoms with Crippen LogP contribution in [0.3, 0.4) is 0 Å². The Morgan fingerprint density at radius 2 is 1.00 bits per heavy atom. The molecule has 3 unspecified atom stereocenters. The average Bonchev–Trinajstić information content (AvgIpc) is 3.03. The molecule has 0 amide bonds. The van der Waals surface area contributed by atoms with Crippen LogP contribution in [0.15, 0.2) is 0 Å². The fraction of sp³-hybridized carbons (Fsp3) is 0.971. The molecule has 0 aromatic rings. The first-order chi connectivity index (χ1) is 21.8. The summed E-state index contributed by atoms with van der Waals surface area (Å²) < 4.78 is 33.1. The zero-order valence-electron chi connectivity index (χ0n) is 29.1. The molecule has 45 heavy (non-hydrogen) atoms. The van der Waals surface area contributed by atoms with Gasteiger partial charge in [0.25, 0.3) is 0 Å². The van der Waals surface area contributed by atoms with Crippen LogP contribution in [0.4, 0.5) is 0 Å². The van der Waals surface area contributed by atoms with Crippen molar-refractivity contribution >= 4 is 13.8 Å². The summed E-state index contributed by atoms with van der Waals surface area (Å²) in [6.07, 6.45) is 27.8. The molecule has 0 radical (unpaired) electrons. The van der Waals surface area contributed by atoms with Crippen molar-refractivity contribution in [3.05, 3.63) is 0 Å². The molecule has 10 heteroatoms. The van der Waals surface area contributed by atoms with E-state index in [1.807, 2.05) is 0 Å². The van der Waals surface area contributed by atoms with Gasteiger partial charge < -0.3 is 24.6 Å². The highest BCUT2D eigenvalue weighted by Gasteiger charge is 2.26. The zero-order valence-corrected chi connectivity index (χ0v) is 30.0. The van der Waals surface area contributed by atoms with Gasteiger partial charge in [-0.15, -0.1) is 0 Å². The summed E-state index contributed by atoms with van der Waals surface area (Å²) in [4.78, 5) is 22.3. The zero-order chi connectivity index (χ0) is 33.3. The van der Waals surface area contributed by atoms with E-state index in [0.29, 0.717) is 6.61 Å². The lowest BCUT2D eigenvalue weighted by atomic mass is 10.0. The van der Waals surface area contributed by atoms with Crippen molar-refractivity contribution in [2.75, 3.05) is 33.0 Å². The first kappa shape index (κ1) is 44.5. The van der Waals surface area contributed by atoms with Gasteiger partial charge in [-0.25, -0.2) is 4.57 Å². The molecule has 0 spiro atoms. The van der Waals surface area contributed by atoms with Crippen molar-refractivity contribution in [3.63, 3.8) is 0 Å². The van der Waals surface area contributed by atoms with Gasteiger partial charge in [-0.05, 0) is 12.8 Å². The van der Waals surface area contributed by atoms with E-state index in [1.165, 1.54) is 122 Å². The number of esters is 1. The third kappa shape index (κ3) is 33.2. The highest BCUT2D eigenvalue weighted by molar-refractivity contribution is 7.47. The standard InChI is InChI=1S/C35H71O9P/c1-3-5-7-9-11-13-14-15-16-17-18-19-20-22-24-26-28-41-31-34(32-43-45(39,40)42-30-33(37)29-36)44-35(38)27-25-23-21-12-10-8-6-4-2/h33-34,36-37H,3-32H2,1-2H3,(H,39,40). The van der Waals surface area contributed by atoms with Crippen molar-refractivity contribution in [1.82, 2.24) is 0 Å². The van der Waals surface area contributed by atoms with Crippen LogP contribution in [0, 0.1) is 0 Å². The number of rotatable bonds is 36. The fourth-order valence-electron chi connectivity index (χ4n) is 5.18. The number of aliphatic hydroxyl groups excluding tert-OH is 2. The third-order valence-electron chi connectivity index (χ3n) is 8.04. The second-order valence-electron chi connectivity index (χ2n) is 12.6. The van der Waals surface area contributed by atoms with Gasteiger partial charge in [-0.2, -0.15) is 0 Å². The number of phosphoric ester groups is 1. The number of phosphoric acid groups is 1. The van der Waals surface area contributed by atoms with E-state index in [4.69, 9.17) is 23.6 Å². The monoisotopic (exact) mass is 666 g/mol. The third-order valence-corrected chi connectivity index (χ3v) is 8.99. The highest BCUT2D eigenvalue weighted by atomic mass is 31.2. The van der Waals surface area contributed by atoms with Crippen LogP contribution in [0.25, 0.3) is 0 Å². The molecule has 0 heterocycles. The van der Waals surface area contributed by atoms with Gasteiger partial charge in [0, 0.05) is 13.0 Å². The van der Waals surface area contributed by atoms with E-state index in [2.05, 4.69) is 13.8 Å². The van der Waals surface area contributed by atoms with Crippen molar-refractivity contribution in [1.29, 1.82) is 0 Å². The number of hydrogen-bond acceptors (Lipinski definition) is 8. The molecule has 0 aliphatic rings. The molecule has 0 fully saturated rings. The molecule has 3 atom stereocenters. The van der Waals surface area contributed by atoms with Crippen molar-refractivity contribution in [2.45, 2.75) is 187 Å². The van der Waals surface area contributed by atoms with Gasteiger partial charge in [-0.1, -0.05) is 155 Å². The van der Waals surface area contributed by atoms with Crippen LogP contribution in [-0.4, -0.2) is 66.3 Å². The number of aliphatic hydroxyl groups is 2. The molecule has 3 N–H and O–H groups in total. The first-order valence-electron chi connectivity index (χ1n) is 18.5. The lowest BCUT2D eigenvalue weighted by Crippen LogP contribution is -2.29. The second-order valence-corrected chi connectivity index (χ2v) is 14.1. The molecule has 0 saturated carbocycles. The topological polar surface area (TPSA) is 132 Å². The minimum absolute atomic E-state index is 0.0567. The molecule has 0 aromatic heterocycles. The molecular formula is C35H71O9P. The van der Waals surface area contributed by atoms with E-state index >= 15 is 0 Å². The lowest BCUT2D eigenvalue weighted by Gasteiger charge is -2.20. The minimum atomic E-state index is -4.50. The minimum Gasteiger partial charge on any atom is -0.457 e. The highest BCUT2D eigenvalue weighted by Crippen LogP contribution is 2.43. The Labute approximate surface area is 276 Å². The number of ether oxygens (including phenoxy) is 2. The van der Waals surface area contributed by atoms with E-state index < -0.39 is 33.2 Å². The van der Waals surface area contributed by atoms with Gasteiger partial charge >= 0.3 is 13.8 Å². The molecule has 0 aliphatic heterocycles. The van der Waals surface area contributed by atoms with E-state index in [9.17, 15) is 19.4 Å². The Bertz CT molecular complexity index is 680. The van der Waals surface area contributed by atoms with Gasteiger partial charge in [0.05, 0.1) is 26.4 Å². The number of unbranched alkanes of at least 4 members (excludes halogenated alkanes) is 22. The van der Waals surface area contributed by atoms with Crippen LogP contribution in [0.2, 0.25) is 0 Å². The maximum absolute atomic E-state index is 12.4. The molecule has 0 rings (SSSR count). The van der Waals surface area contributed by atoms with Crippen LogP contribution < -0.4 is 0 Å². The summed E-state index contributed by atoms with van der Waals surface area (Å²) in [5.74, 6) is -0.384. The Balaban J connectivity index is 4.12. The van der Waals surface area contributed by atoms with Crippen LogP contribution >= 0.6 is 7.82 Å². The quantitative estimate of drug-likeness (QED) is 0.0340. The predicted molar refractivity (Wildman–Crippen MR) is 182 cm³/mol. The summed E-state index contributed by atoms with van der Waals surface area (Å²) in [6, 6.07) is 0. The lowest BCUT2D eigenvalue weighted by molar-refractivity contribution is -0.154. The van der Waals surface area contributed by atoms with Crippen LogP contribution in [0.1, 0.15) is 174 Å². The smallest absolute Gasteiger partial charge is 0.457 e. The van der Waals surface area contributed by atoms with Crippen molar-refractivity contribution in [3.8, 4) is 0 Å². The summed E-state index contributed by atoms with van der Waals surface area (Å²) in [5, 5.41) is 18.2. The van der Waals surface area contributed by atoms with E-state index in [-0.39, 0.29) is 25.6 Å². The summed E-state index contributed by atoms with van der Waals surface area (Å²) in [6.45, 7) is 3.51. The van der Waals surface area contributed by atoms with Gasteiger partial charge in [0.2, 0.25) is 0 Å². The van der Waals surface area contributed by atoms with Crippen molar-refractivity contribution in [2.24, 2.45) is 0 Å². The number of hydrogen-bond donors (Lipinski definition) is 3. The summed E-state index contributed by atoms with van der Waals surface area (Å²) in [5.41, 5.74) is 0. The van der Waals surface area contributed by atoms with Crippen molar-refractivity contribution < 1.29 is 43.0 Å². The molecule has 0 aliphatic carbocycles. The maximum Gasteiger partial charge on any atom is 0.472 e. The SMILES string of the molecule is CCCCCCCCCCCCCCCCCCOCC(COP(=O)(O)OCC(O)CO)OC(=O)CCCCCCCCCC. The van der Waals surface area contributed by atoms with E-state index in [0.717, 1.165) is 32.1 Å². The predicted octanol–water partition coefficient (Wildman–Crippen LogP) is 9.19. The van der Waals surface area contributed by atoms with Crippen LogP contribution in [0.5, 0.6) is 0 Å². The van der Waals surface area contributed by atoms with Crippen LogP contribution in [-0.2, 0) is 27.9 Å². The van der Waals surface area contributed by atoms with Gasteiger partial charge in [-0.3, -0.25) is 13.8 Å². The van der Waals surface area contributed by atoms with Gasteiger partial charge in [0.15, 0.2) is 0 Å². The molecule has 0 aromatic carbocycles. The number of carbonyl (C=O) groups excluding carboxylic acids is 1. The summed E-state index contributed by atoms with van der Waals surface area (Å²) >= 11 is 0. The van der Waals surface area contributed by atoms with Gasteiger partial charge in [0.1, 0.15) is 12.2 Å². The average molecular weight is 667 g/mol. The second kappa shape index (κ2) is 33.4. The Morgan fingerprint density at radius 3 is 1.44 bits per heavy atom. The maximum atomic E-state index is 12.4. The fourth-order valence-corrected chi connectivity index (χ4v) is 5.97. The summed E-state index contributed by atoms with van der Waals surface area (Å²) in [7, 11) is -4.50. The molecule has 9 nitrogen and oxygen atoms in total. The molecule has 270 valence electrons. The largest absolute Gasteiger partial charge is 0.472 e. The first-order valence-corrected chi connectivity index (χ1v) is 20.0. The normalized spacial score (nSPS) is 14.3. The Morgan fingerprint density at radius 1 is 0.600 bits per heavy atom. The Kier molecular flexibility index (Phi) is 33.0. The van der Waals surface area contributed by atoms with E-state index in [1.54, 1.807) is 0 Å².